The van der Waals surface area contributed by atoms with Gasteiger partial charge in [0.1, 0.15) is 11.5 Å². The molecule has 2 heterocycles. The predicted octanol–water partition coefficient (Wildman–Crippen LogP) is 4.61. The summed E-state index contributed by atoms with van der Waals surface area (Å²) in [6, 6.07) is 19.7. The van der Waals surface area contributed by atoms with E-state index >= 15 is 0 Å². The molecule has 1 atom stereocenters. The number of carbonyl (C=O) groups excluding carboxylic acids is 1. The van der Waals surface area contributed by atoms with E-state index in [1.54, 1.807) is 13.4 Å². The van der Waals surface area contributed by atoms with Gasteiger partial charge in [-0.1, -0.05) is 30.3 Å². The highest BCUT2D eigenvalue weighted by Gasteiger charge is 2.21. The number of nitrogens with one attached hydrogen (secondary N) is 2. The summed E-state index contributed by atoms with van der Waals surface area (Å²) in [4.78, 5) is 16.0. The number of hydrogen-bond donors (Lipinski definition) is 2. The first kappa shape index (κ1) is 17.9. The van der Waals surface area contributed by atoms with Crippen molar-refractivity contribution < 1.29 is 13.9 Å². The Morgan fingerprint density at radius 3 is 2.68 bits per heavy atom. The molecule has 0 aliphatic heterocycles. The summed E-state index contributed by atoms with van der Waals surface area (Å²) in [5.41, 5.74) is 3.24. The Bertz CT molecular complexity index is 1050. The smallest absolute Gasteiger partial charge is 0.221 e. The quantitative estimate of drug-likeness (QED) is 0.496. The second-order valence-corrected chi connectivity index (χ2v) is 6.68. The average molecular weight is 374 g/mol. The molecule has 142 valence electrons. The minimum absolute atomic E-state index is 0.0255. The lowest BCUT2D eigenvalue weighted by Gasteiger charge is -2.17. The summed E-state index contributed by atoms with van der Waals surface area (Å²) >= 11 is 0. The van der Waals surface area contributed by atoms with Gasteiger partial charge in [0.2, 0.25) is 5.91 Å². The van der Waals surface area contributed by atoms with Crippen molar-refractivity contribution in [1.29, 1.82) is 0 Å². The number of methoxy groups -OCH3 is 1. The fraction of sp³-hybridized carbons (Fsp3) is 0.174. The van der Waals surface area contributed by atoms with Crippen molar-refractivity contribution in [2.45, 2.75) is 18.9 Å². The van der Waals surface area contributed by atoms with Gasteiger partial charge in [-0.15, -0.1) is 0 Å². The Morgan fingerprint density at radius 2 is 1.93 bits per heavy atom. The molecule has 0 bridgehead atoms. The number of H-pyrrole nitrogens is 1. The van der Waals surface area contributed by atoms with Gasteiger partial charge in [0, 0.05) is 29.4 Å². The zero-order valence-electron chi connectivity index (χ0n) is 15.6. The van der Waals surface area contributed by atoms with Crippen LogP contribution in [0.2, 0.25) is 0 Å². The monoisotopic (exact) mass is 374 g/mol. The van der Waals surface area contributed by atoms with Crippen molar-refractivity contribution >= 4 is 16.8 Å². The molecule has 0 spiro atoms. The molecule has 28 heavy (non-hydrogen) atoms. The normalized spacial score (nSPS) is 12.0. The molecule has 0 saturated carbocycles. The largest absolute Gasteiger partial charge is 0.497 e. The van der Waals surface area contributed by atoms with Crippen LogP contribution in [0.5, 0.6) is 5.75 Å². The zero-order valence-corrected chi connectivity index (χ0v) is 15.6. The first-order valence-corrected chi connectivity index (χ1v) is 9.23. The Hall–Kier alpha value is -3.47. The van der Waals surface area contributed by atoms with Gasteiger partial charge in [0.05, 0.1) is 19.9 Å². The molecule has 4 aromatic rings. The number of hydrogen-bond acceptors (Lipinski definition) is 3. The predicted molar refractivity (Wildman–Crippen MR) is 108 cm³/mol. The number of fused-ring (bicyclic) bond motifs is 1. The van der Waals surface area contributed by atoms with Crippen LogP contribution in [0.4, 0.5) is 0 Å². The van der Waals surface area contributed by atoms with Crippen LogP contribution in [-0.4, -0.2) is 18.0 Å². The van der Waals surface area contributed by atoms with E-state index < -0.39 is 0 Å². The summed E-state index contributed by atoms with van der Waals surface area (Å²) in [6.45, 7) is 0.384. The lowest BCUT2D eigenvalue weighted by molar-refractivity contribution is -0.121. The van der Waals surface area contributed by atoms with Crippen molar-refractivity contribution in [2.24, 2.45) is 0 Å². The molecule has 0 saturated heterocycles. The number of aromatic amines is 1. The molecule has 2 N–H and O–H groups in total. The summed E-state index contributed by atoms with van der Waals surface area (Å²) in [5, 5.41) is 4.08. The first-order valence-electron chi connectivity index (χ1n) is 9.23. The molecule has 0 radical (unpaired) electrons. The summed E-state index contributed by atoms with van der Waals surface area (Å²) in [7, 11) is 1.65. The van der Waals surface area contributed by atoms with E-state index in [1.807, 2.05) is 60.8 Å². The molecule has 2 aromatic carbocycles. The highest BCUT2D eigenvalue weighted by atomic mass is 16.5. The van der Waals surface area contributed by atoms with Crippen LogP contribution >= 0.6 is 0 Å². The maximum absolute atomic E-state index is 12.7. The van der Waals surface area contributed by atoms with Crippen LogP contribution in [0.3, 0.4) is 0 Å². The van der Waals surface area contributed by atoms with E-state index in [0.29, 0.717) is 13.0 Å². The van der Waals surface area contributed by atoms with Crippen molar-refractivity contribution in [3.63, 3.8) is 0 Å². The third-order valence-electron chi connectivity index (χ3n) is 4.94. The topological polar surface area (TPSA) is 67.3 Å². The van der Waals surface area contributed by atoms with Gasteiger partial charge in [-0.3, -0.25) is 4.79 Å². The second kappa shape index (κ2) is 8.05. The minimum Gasteiger partial charge on any atom is -0.497 e. The maximum atomic E-state index is 12.7. The van der Waals surface area contributed by atoms with E-state index in [0.717, 1.165) is 33.5 Å². The van der Waals surface area contributed by atoms with Crippen molar-refractivity contribution in [1.82, 2.24) is 10.3 Å². The minimum atomic E-state index is -0.0707. The molecule has 0 fully saturated rings. The summed E-state index contributed by atoms with van der Waals surface area (Å²) in [5.74, 6) is 1.44. The van der Waals surface area contributed by atoms with E-state index in [4.69, 9.17) is 9.15 Å². The molecule has 4 rings (SSSR count). The Labute approximate surface area is 163 Å². The van der Waals surface area contributed by atoms with Crippen LogP contribution in [0.25, 0.3) is 10.9 Å². The fourth-order valence-electron chi connectivity index (χ4n) is 3.48. The van der Waals surface area contributed by atoms with Crippen LogP contribution in [0.15, 0.2) is 77.5 Å². The van der Waals surface area contributed by atoms with Gasteiger partial charge in [0.25, 0.3) is 0 Å². The fourth-order valence-corrected chi connectivity index (χ4v) is 3.48. The number of amides is 1. The van der Waals surface area contributed by atoms with Gasteiger partial charge < -0.3 is 19.5 Å². The molecule has 5 nitrogen and oxygen atoms in total. The number of para-hydroxylation sites is 1. The van der Waals surface area contributed by atoms with E-state index in [-0.39, 0.29) is 11.8 Å². The molecule has 0 unspecified atom stereocenters. The summed E-state index contributed by atoms with van der Waals surface area (Å²) < 4.78 is 10.6. The number of rotatable bonds is 7. The maximum Gasteiger partial charge on any atom is 0.221 e. The number of ether oxygens (including phenoxy) is 1. The highest BCUT2D eigenvalue weighted by Crippen LogP contribution is 2.34. The molecule has 5 heteroatoms. The van der Waals surface area contributed by atoms with E-state index in [1.165, 1.54) is 0 Å². The molecular weight excluding hydrogens is 352 g/mol. The van der Waals surface area contributed by atoms with Crippen molar-refractivity contribution in [3.8, 4) is 5.75 Å². The molecule has 0 aliphatic rings. The number of aromatic nitrogens is 1. The lowest BCUT2D eigenvalue weighted by atomic mass is 9.88. The third kappa shape index (κ3) is 3.78. The molecule has 2 aromatic heterocycles. The van der Waals surface area contributed by atoms with Crippen LogP contribution in [0.1, 0.15) is 29.2 Å². The van der Waals surface area contributed by atoms with Crippen molar-refractivity contribution in [3.05, 3.63) is 90.0 Å². The lowest BCUT2D eigenvalue weighted by Crippen LogP contribution is -2.24. The third-order valence-corrected chi connectivity index (χ3v) is 4.94. The van der Waals surface area contributed by atoms with Gasteiger partial charge in [-0.25, -0.2) is 0 Å². The van der Waals surface area contributed by atoms with E-state index in [2.05, 4.69) is 16.4 Å². The number of benzene rings is 2. The van der Waals surface area contributed by atoms with Gasteiger partial charge in [-0.05, 0) is 41.5 Å². The van der Waals surface area contributed by atoms with Gasteiger partial charge in [0.15, 0.2) is 0 Å². The highest BCUT2D eigenvalue weighted by molar-refractivity contribution is 5.86. The molecular formula is C23H22N2O3. The van der Waals surface area contributed by atoms with Gasteiger partial charge >= 0.3 is 0 Å². The molecule has 1 amide bonds. The standard InChI is InChI=1S/C23H22N2O3/c1-27-17-10-8-16(9-11-17)20(13-23(26)25-14-18-5-4-12-28-18)21-15-24-22-7-3-2-6-19(21)22/h2-12,15,20,24H,13-14H2,1H3,(H,25,26)/t20-/m0/s1. The number of carbonyl (C=O) groups is 1. The average Bonchev–Trinajstić information content (AvgIpc) is 3.40. The Kier molecular flexibility index (Phi) is 5.15. The van der Waals surface area contributed by atoms with Crippen molar-refractivity contribution in [2.75, 3.05) is 7.11 Å². The zero-order chi connectivity index (χ0) is 19.3. The second-order valence-electron chi connectivity index (χ2n) is 6.68. The van der Waals surface area contributed by atoms with E-state index in [9.17, 15) is 4.79 Å². The first-order chi connectivity index (χ1) is 13.7. The Morgan fingerprint density at radius 1 is 1.11 bits per heavy atom. The molecule has 0 aliphatic carbocycles. The van der Waals surface area contributed by atoms with Crippen LogP contribution in [-0.2, 0) is 11.3 Å². The SMILES string of the molecule is COc1ccc([C@H](CC(=O)NCc2ccco2)c2c[nH]c3ccccc23)cc1. The number of furan rings is 1. The Balaban J connectivity index is 1.61. The van der Waals surface area contributed by atoms with Crippen LogP contribution in [0, 0.1) is 0 Å². The summed E-state index contributed by atoms with van der Waals surface area (Å²) in [6.07, 6.45) is 3.95. The van der Waals surface area contributed by atoms with Gasteiger partial charge in [-0.2, -0.15) is 0 Å². The van der Waals surface area contributed by atoms with Crippen LogP contribution < -0.4 is 10.1 Å².